The number of nitriles is 1. The van der Waals surface area contributed by atoms with Crippen LogP contribution in [-0.2, 0) is 16.2 Å². The Hall–Kier alpha value is -3.84. The standard InChI is InChI=1S/C19H16N4O3/c1-2-3-12-25-19(24)22-18-11-7-10-16(21-18)14-26-23-17(13-20)15-8-5-4-6-9-15/h1,4-11H,3,12,14H2,(H,21,22,24). The maximum absolute atomic E-state index is 11.6. The van der Waals surface area contributed by atoms with Gasteiger partial charge in [0.15, 0.2) is 12.3 Å². The molecule has 0 spiro atoms. The van der Waals surface area contributed by atoms with Crippen LogP contribution in [0.2, 0.25) is 0 Å². The van der Waals surface area contributed by atoms with Gasteiger partial charge in [-0.3, -0.25) is 5.32 Å². The third-order valence-corrected chi connectivity index (χ3v) is 3.04. The van der Waals surface area contributed by atoms with Crippen molar-refractivity contribution in [1.29, 1.82) is 5.26 Å². The molecule has 1 aromatic heterocycles. The number of hydrogen-bond acceptors (Lipinski definition) is 6. The fraction of sp³-hybridized carbons (Fsp3) is 0.158. The Morgan fingerprint density at radius 2 is 2.04 bits per heavy atom. The number of nitrogens with zero attached hydrogens (tertiary/aromatic N) is 3. The van der Waals surface area contributed by atoms with E-state index in [9.17, 15) is 4.79 Å². The molecule has 0 fully saturated rings. The maximum atomic E-state index is 11.6. The van der Waals surface area contributed by atoms with Crippen molar-refractivity contribution in [2.45, 2.75) is 13.0 Å². The molecule has 7 heteroatoms. The van der Waals surface area contributed by atoms with E-state index in [2.05, 4.69) is 21.4 Å². The molecule has 0 radical (unpaired) electrons. The molecule has 130 valence electrons. The Morgan fingerprint density at radius 1 is 1.23 bits per heavy atom. The number of oxime groups is 1. The number of benzene rings is 1. The third-order valence-electron chi connectivity index (χ3n) is 3.04. The van der Waals surface area contributed by atoms with E-state index in [0.717, 1.165) is 0 Å². The third kappa shape index (κ3) is 5.99. The van der Waals surface area contributed by atoms with E-state index < -0.39 is 6.09 Å². The monoisotopic (exact) mass is 348 g/mol. The summed E-state index contributed by atoms with van der Waals surface area (Å²) in [5.74, 6) is 2.68. The number of pyridine rings is 1. The number of rotatable bonds is 7. The molecule has 0 atom stereocenters. The highest BCUT2D eigenvalue weighted by Gasteiger charge is 2.06. The lowest BCUT2D eigenvalue weighted by Gasteiger charge is -2.06. The van der Waals surface area contributed by atoms with E-state index in [0.29, 0.717) is 23.5 Å². The number of amides is 1. The van der Waals surface area contributed by atoms with Crippen LogP contribution >= 0.6 is 0 Å². The summed E-state index contributed by atoms with van der Waals surface area (Å²) in [4.78, 5) is 21.0. The first-order chi connectivity index (χ1) is 12.7. The van der Waals surface area contributed by atoms with Gasteiger partial charge in [-0.1, -0.05) is 41.6 Å². The van der Waals surface area contributed by atoms with Gasteiger partial charge in [0.05, 0.1) is 5.69 Å². The normalized spacial score (nSPS) is 10.3. The van der Waals surface area contributed by atoms with Gasteiger partial charge in [-0.25, -0.2) is 9.78 Å². The lowest BCUT2D eigenvalue weighted by molar-refractivity contribution is 0.128. The fourth-order valence-corrected chi connectivity index (χ4v) is 1.87. The molecule has 0 saturated heterocycles. The Bertz CT molecular complexity index is 851. The van der Waals surface area contributed by atoms with Gasteiger partial charge in [0.2, 0.25) is 0 Å². The van der Waals surface area contributed by atoms with Crippen molar-refractivity contribution in [3.63, 3.8) is 0 Å². The number of ether oxygens (including phenoxy) is 1. The molecule has 2 aromatic rings. The molecule has 0 bridgehead atoms. The number of hydrogen-bond donors (Lipinski definition) is 1. The minimum Gasteiger partial charge on any atom is -0.448 e. The van der Waals surface area contributed by atoms with Gasteiger partial charge in [0.25, 0.3) is 0 Å². The van der Waals surface area contributed by atoms with Crippen LogP contribution in [0.4, 0.5) is 10.6 Å². The molecule has 0 aliphatic rings. The molecular weight excluding hydrogens is 332 g/mol. The minimum atomic E-state index is -0.639. The smallest absolute Gasteiger partial charge is 0.412 e. The maximum Gasteiger partial charge on any atom is 0.412 e. The molecule has 7 nitrogen and oxygen atoms in total. The summed E-state index contributed by atoms with van der Waals surface area (Å²) in [5, 5.41) is 15.5. The zero-order chi connectivity index (χ0) is 18.6. The molecule has 0 aliphatic carbocycles. The predicted molar refractivity (Wildman–Crippen MR) is 96.0 cm³/mol. The second kappa shape index (κ2) is 10.1. The second-order valence-corrected chi connectivity index (χ2v) is 4.92. The zero-order valence-corrected chi connectivity index (χ0v) is 13.9. The number of terminal acetylenes is 1. The van der Waals surface area contributed by atoms with Crippen molar-refractivity contribution in [1.82, 2.24) is 4.98 Å². The highest BCUT2D eigenvalue weighted by atomic mass is 16.6. The van der Waals surface area contributed by atoms with Crippen LogP contribution in [0.25, 0.3) is 0 Å². The van der Waals surface area contributed by atoms with Crippen molar-refractivity contribution in [2.75, 3.05) is 11.9 Å². The minimum absolute atomic E-state index is 0.0413. The van der Waals surface area contributed by atoms with E-state index in [4.69, 9.17) is 21.3 Å². The van der Waals surface area contributed by atoms with Crippen molar-refractivity contribution in [3.8, 4) is 18.4 Å². The number of carbonyl (C=O) groups excluding carboxylic acids is 1. The van der Waals surface area contributed by atoms with Crippen LogP contribution in [-0.4, -0.2) is 23.4 Å². The summed E-state index contributed by atoms with van der Waals surface area (Å²) in [6, 6.07) is 16.0. The molecule has 2 rings (SSSR count). The summed E-state index contributed by atoms with van der Waals surface area (Å²) in [6.07, 6.45) is 4.79. The van der Waals surface area contributed by atoms with Crippen LogP contribution in [0.1, 0.15) is 17.7 Å². The summed E-state index contributed by atoms with van der Waals surface area (Å²) in [7, 11) is 0. The molecule has 1 heterocycles. The van der Waals surface area contributed by atoms with Crippen LogP contribution in [0, 0.1) is 23.7 Å². The number of carbonyl (C=O) groups is 1. The molecule has 0 unspecified atom stereocenters. The van der Waals surface area contributed by atoms with Gasteiger partial charge >= 0.3 is 6.09 Å². The van der Waals surface area contributed by atoms with E-state index in [1.165, 1.54) is 0 Å². The molecular formula is C19H16N4O3. The highest BCUT2D eigenvalue weighted by molar-refractivity contribution is 6.11. The Morgan fingerprint density at radius 3 is 2.77 bits per heavy atom. The van der Waals surface area contributed by atoms with Gasteiger partial charge in [-0.05, 0) is 12.1 Å². The van der Waals surface area contributed by atoms with E-state index in [1.54, 1.807) is 30.3 Å². The summed E-state index contributed by atoms with van der Waals surface area (Å²) in [5.41, 5.74) is 1.35. The highest BCUT2D eigenvalue weighted by Crippen LogP contribution is 2.08. The first kappa shape index (κ1) is 18.5. The number of nitrogens with one attached hydrogen (secondary N) is 1. The largest absolute Gasteiger partial charge is 0.448 e. The van der Waals surface area contributed by atoms with Gasteiger partial charge in [-0.2, -0.15) is 5.26 Å². The first-order valence-corrected chi connectivity index (χ1v) is 7.71. The quantitative estimate of drug-likeness (QED) is 0.359. The first-order valence-electron chi connectivity index (χ1n) is 7.71. The molecule has 26 heavy (non-hydrogen) atoms. The predicted octanol–water partition coefficient (Wildman–Crippen LogP) is 3.10. The summed E-state index contributed by atoms with van der Waals surface area (Å²) < 4.78 is 4.88. The molecule has 1 amide bonds. The molecule has 1 N–H and O–H groups in total. The molecule has 0 saturated carbocycles. The van der Waals surface area contributed by atoms with Crippen LogP contribution in [0.5, 0.6) is 0 Å². The number of aromatic nitrogens is 1. The van der Waals surface area contributed by atoms with E-state index in [1.807, 2.05) is 24.3 Å². The Labute approximate surface area is 151 Å². The zero-order valence-electron chi connectivity index (χ0n) is 13.9. The van der Waals surface area contributed by atoms with Crippen molar-refractivity contribution >= 4 is 17.6 Å². The van der Waals surface area contributed by atoms with Gasteiger partial charge in [0.1, 0.15) is 18.5 Å². The lowest BCUT2D eigenvalue weighted by Crippen LogP contribution is -2.15. The topological polar surface area (TPSA) is 96.6 Å². The van der Waals surface area contributed by atoms with Gasteiger partial charge in [-0.15, -0.1) is 12.3 Å². The Kier molecular flexibility index (Phi) is 7.20. The van der Waals surface area contributed by atoms with Crippen molar-refractivity contribution < 1.29 is 14.4 Å². The average Bonchev–Trinajstić information content (AvgIpc) is 2.66. The van der Waals surface area contributed by atoms with E-state index >= 15 is 0 Å². The summed E-state index contributed by atoms with van der Waals surface area (Å²) in [6.45, 7) is 0.177. The van der Waals surface area contributed by atoms with Gasteiger partial charge < -0.3 is 9.57 Å². The van der Waals surface area contributed by atoms with Crippen LogP contribution in [0.15, 0.2) is 53.7 Å². The lowest BCUT2D eigenvalue weighted by atomic mass is 10.1. The molecule has 1 aromatic carbocycles. The fourth-order valence-electron chi connectivity index (χ4n) is 1.87. The van der Waals surface area contributed by atoms with Crippen molar-refractivity contribution in [3.05, 3.63) is 59.8 Å². The average molecular weight is 348 g/mol. The van der Waals surface area contributed by atoms with Crippen LogP contribution in [0.3, 0.4) is 0 Å². The number of anilines is 1. The summed E-state index contributed by atoms with van der Waals surface area (Å²) >= 11 is 0. The second-order valence-electron chi connectivity index (χ2n) is 4.92. The van der Waals surface area contributed by atoms with Crippen LogP contribution < -0.4 is 5.32 Å². The molecule has 0 aliphatic heterocycles. The Balaban J connectivity index is 1.92. The van der Waals surface area contributed by atoms with Gasteiger partial charge in [0, 0.05) is 12.0 Å². The SMILES string of the molecule is C#CCCOC(=O)Nc1cccc(CON=C(C#N)c2ccccc2)n1. The van der Waals surface area contributed by atoms with Crippen molar-refractivity contribution in [2.24, 2.45) is 5.16 Å². The van der Waals surface area contributed by atoms with E-state index in [-0.39, 0.29) is 18.9 Å².